The zero-order valence-electron chi connectivity index (χ0n) is 31.3. The molecule has 0 saturated carbocycles. The van der Waals surface area contributed by atoms with Gasteiger partial charge >= 0.3 is 13.9 Å². The molecule has 1 aliphatic rings. The first-order valence-electron chi connectivity index (χ1n) is 17.4. The Morgan fingerprint density at radius 3 is 1.92 bits per heavy atom. The van der Waals surface area contributed by atoms with E-state index in [-0.39, 0.29) is 12.4 Å². The van der Waals surface area contributed by atoms with Crippen molar-refractivity contribution < 1.29 is 37.5 Å². The number of nitrogens with zero attached hydrogens (tertiary/aromatic N) is 2. The molecule has 5 atom stereocenters. The van der Waals surface area contributed by atoms with Crippen molar-refractivity contribution in [1.29, 1.82) is 0 Å². The van der Waals surface area contributed by atoms with Crippen molar-refractivity contribution in [3.8, 4) is 0 Å². The number of benzene rings is 3. The minimum Gasteiger partial charge on any atom is -0.566 e. The average Bonchev–Trinajstić information content (AvgIpc) is 3.34. The van der Waals surface area contributed by atoms with E-state index in [0.717, 1.165) is 14.9 Å². The van der Waals surface area contributed by atoms with E-state index in [9.17, 15) is 24.2 Å². The second kappa shape index (κ2) is 15.6. The van der Waals surface area contributed by atoms with Crippen LogP contribution in [-0.2, 0) is 22.7 Å². The van der Waals surface area contributed by atoms with Gasteiger partial charge in [-0.3, -0.25) is 9.36 Å². The van der Waals surface area contributed by atoms with Crippen LogP contribution < -0.4 is 26.3 Å². The minimum absolute atomic E-state index is 0.0133. The van der Waals surface area contributed by atoms with Crippen LogP contribution in [0, 0.1) is 0 Å². The second-order valence-corrected chi connectivity index (χ2v) is 25.4. The van der Waals surface area contributed by atoms with Crippen molar-refractivity contribution in [1.82, 2.24) is 9.55 Å². The van der Waals surface area contributed by atoms with Crippen LogP contribution in [0.2, 0.25) is 23.2 Å². The summed E-state index contributed by atoms with van der Waals surface area (Å²) in [6.45, 7) is 15.7. The molecule has 282 valence electrons. The van der Waals surface area contributed by atoms with Gasteiger partial charge in [0, 0.05) is 11.8 Å². The predicted molar refractivity (Wildman–Crippen MR) is 206 cm³/mol. The van der Waals surface area contributed by atoms with Gasteiger partial charge in [-0.25, -0.2) is 4.79 Å². The Kier molecular flexibility index (Phi) is 11.9. The highest BCUT2D eigenvalue weighted by atomic mass is 31.1. The molecule has 2 N–H and O–H groups in total. The van der Waals surface area contributed by atoms with Crippen molar-refractivity contribution >= 4 is 47.0 Å². The number of hydrogen-bond acceptors (Lipinski definition) is 10. The van der Waals surface area contributed by atoms with Crippen molar-refractivity contribution in [3.05, 3.63) is 119 Å². The van der Waals surface area contributed by atoms with Gasteiger partial charge in [-0.2, -0.15) is 4.98 Å². The van der Waals surface area contributed by atoms with Crippen LogP contribution in [0.3, 0.4) is 0 Å². The third kappa shape index (κ3) is 8.36. The molecule has 0 aliphatic carbocycles. The molecule has 15 heteroatoms. The van der Waals surface area contributed by atoms with E-state index in [0.29, 0.717) is 5.56 Å². The van der Waals surface area contributed by atoms with Gasteiger partial charge in [0.1, 0.15) is 11.9 Å². The maximum atomic E-state index is 13.7. The monoisotopic (exact) mass is 777 g/mol. The number of ether oxygens (including phenoxy) is 1. The lowest BCUT2D eigenvalue weighted by Gasteiger charge is -2.44. The van der Waals surface area contributed by atoms with Crippen molar-refractivity contribution in [3.63, 3.8) is 0 Å². The molecule has 3 aromatic carbocycles. The Bertz CT molecular complexity index is 1920. The summed E-state index contributed by atoms with van der Waals surface area (Å²) in [6.07, 6.45) is -3.03. The lowest BCUT2D eigenvalue weighted by atomic mass is 10.1. The summed E-state index contributed by atoms with van der Waals surface area (Å²) in [7, 11) is -9.72. The third-order valence-corrected chi connectivity index (χ3v) is 20.0. The maximum Gasteiger partial charge on any atom is 0.491 e. The SMILES string of the molecule is CC(C)(C)[Si](C)(C)O[C@H]1[C@H](n2ccc(NC(=O)c3ccccc3)nc2=O)O[C@H](CO[Si](c2ccccc2)(c2ccccc2)C(C)(C)C)[C@]1(O)O[P+](=O)[O-]. The highest BCUT2D eigenvalue weighted by Crippen LogP contribution is 2.48. The van der Waals surface area contributed by atoms with E-state index in [1.807, 2.05) is 94.5 Å². The summed E-state index contributed by atoms with van der Waals surface area (Å²) in [5, 5.41) is 16.1. The van der Waals surface area contributed by atoms with E-state index >= 15 is 0 Å². The number of hydrogen-bond donors (Lipinski definition) is 2. The normalized spacial score (nSPS) is 21.3. The summed E-state index contributed by atoms with van der Waals surface area (Å²) >= 11 is 0. The van der Waals surface area contributed by atoms with Gasteiger partial charge in [0.2, 0.25) is 0 Å². The molecule has 1 aliphatic heterocycles. The number of carbonyl (C=O) groups is 1. The molecule has 1 fully saturated rings. The molecule has 4 aromatic rings. The van der Waals surface area contributed by atoms with Crippen LogP contribution in [-0.4, -0.2) is 61.8 Å². The molecule has 53 heavy (non-hydrogen) atoms. The topological polar surface area (TPSA) is 161 Å². The highest BCUT2D eigenvalue weighted by Gasteiger charge is 2.65. The molecule has 1 unspecified atom stereocenters. The van der Waals surface area contributed by atoms with E-state index in [4.69, 9.17) is 18.1 Å². The van der Waals surface area contributed by atoms with Crippen LogP contribution in [0.5, 0.6) is 0 Å². The van der Waals surface area contributed by atoms with Crippen LogP contribution in [0.1, 0.15) is 58.1 Å². The summed E-state index contributed by atoms with van der Waals surface area (Å²) in [4.78, 5) is 43.0. The third-order valence-electron chi connectivity index (χ3n) is 10.1. The Labute approximate surface area is 313 Å². The number of nitrogens with one attached hydrogen (secondary N) is 1. The van der Waals surface area contributed by atoms with Crippen molar-refractivity contribution in [2.24, 2.45) is 0 Å². The van der Waals surface area contributed by atoms with Gasteiger partial charge in [-0.05, 0) is 56.3 Å². The Balaban J connectivity index is 1.60. The van der Waals surface area contributed by atoms with E-state index in [1.165, 1.54) is 12.3 Å². The van der Waals surface area contributed by atoms with Crippen molar-refractivity contribution in [2.45, 2.75) is 88.9 Å². The number of rotatable bonds is 12. The smallest absolute Gasteiger partial charge is 0.491 e. The molecular formula is C38H48N3O9PSi2. The molecule has 1 amide bonds. The van der Waals surface area contributed by atoms with Gasteiger partial charge < -0.3 is 28.9 Å². The van der Waals surface area contributed by atoms with E-state index in [1.54, 1.807) is 30.3 Å². The Hall–Kier alpha value is -3.70. The highest BCUT2D eigenvalue weighted by molar-refractivity contribution is 7.30. The van der Waals surface area contributed by atoms with Crippen LogP contribution >= 0.6 is 8.25 Å². The first kappa shape index (κ1) is 40.5. The first-order chi connectivity index (χ1) is 24.8. The van der Waals surface area contributed by atoms with E-state index in [2.05, 4.69) is 31.1 Å². The minimum atomic E-state index is -3.65. The quantitative estimate of drug-likeness (QED) is 0.113. The lowest BCUT2D eigenvalue weighted by Crippen LogP contribution is -2.67. The predicted octanol–water partition coefficient (Wildman–Crippen LogP) is 5.08. The largest absolute Gasteiger partial charge is 0.566 e. The maximum absolute atomic E-state index is 13.7. The molecule has 12 nitrogen and oxygen atoms in total. The summed E-state index contributed by atoms with van der Waals surface area (Å²) < 4.78 is 39.2. The molecular weight excluding hydrogens is 730 g/mol. The van der Waals surface area contributed by atoms with Gasteiger partial charge in [0.25, 0.3) is 20.0 Å². The Morgan fingerprint density at radius 1 is 0.925 bits per heavy atom. The van der Waals surface area contributed by atoms with E-state index < -0.39 is 70.8 Å². The summed E-state index contributed by atoms with van der Waals surface area (Å²) in [5.74, 6) is -3.10. The van der Waals surface area contributed by atoms with Gasteiger partial charge in [0.05, 0.1) is 6.61 Å². The molecule has 1 saturated heterocycles. The number of amides is 1. The first-order valence-corrected chi connectivity index (χ1v) is 23.3. The number of aromatic nitrogens is 2. The van der Waals surface area contributed by atoms with Crippen molar-refractivity contribution in [2.75, 3.05) is 11.9 Å². The number of anilines is 1. The summed E-state index contributed by atoms with van der Waals surface area (Å²) in [6, 6.07) is 29.5. The molecule has 1 aromatic heterocycles. The molecule has 0 radical (unpaired) electrons. The Morgan fingerprint density at radius 2 is 1.45 bits per heavy atom. The fourth-order valence-corrected chi connectivity index (χ4v) is 12.7. The summed E-state index contributed by atoms with van der Waals surface area (Å²) in [5.41, 5.74) is -0.467. The zero-order chi connectivity index (χ0) is 38.8. The van der Waals surface area contributed by atoms with Crippen LogP contribution in [0.4, 0.5) is 5.82 Å². The second-order valence-electron chi connectivity index (χ2n) is 15.7. The fraction of sp³-hybridized carbons (Fsp3) is 0.395. The molecule has 0 bridgehead atoms. The van der Waals surface area contributed by atoms with Gasteiger partial charge in [-0.1, -0.05) is 120 Å². The lowest BCUT2D eigenvalue weighted by molar-refractivity contribution is -0.256. The standard InChI is InChI=1S/C38H48N3O9PSi2/c1-36(2,3)52(7,8)49-32-34(41-25-24-31(40-35(41)43)39-33(42)27-18-12-9-13-19-27)48-30(38(32,44)50-51(45)46)26-47-53(37(4,5)6,28-20-14-10-15-21-28)29-22-16-11-17-23-29/h9-25,30,32,34,44H,26H2,1-8H3,(H,39,40,42,43)/t30-,32+,34-,38+/m1/s1. The fourth-order valence-electron chi connectivity index (χ4n) is 6.38. The zero-order valence-corrected chi connectivity index (χ0v) is 34.2. The number of aliphatic hydroxyl groups is 1. The van der Waals surface area contributed by atoms with Gasteiger partial charge in [0.15, 0.2) is 20.6 Å². The average molecular weight is 778 g/mol. The molecule has 5 rings (SSSR count). The molecule has 2 heterocycles. The number of carbonyl (C=O) groups excluding carboxylic acids is 1. The van der Waals surface area contributed by atoms with Gasteiger partial charge in [-0.15, -0.1) is 4.52 Å². The van der Waals surface area contributed by atoms with Crippen LogP contribution in [0.15, 0.2) is 108 Å². The van der Waals surface area contributed by atoms with Crippen LogP contribution in [0.25, 0.3) is 0 Å². The molecule has 0 spiro atoms.